The number of likely N-dealkylation sites (tertiary alicyclic amines) is 1. The predicted molar refractivity (Wildman–Crippen MR) is 71.3 cm³/mol. The number of carbonyl (C=O) groups is 4. The van der Waals surface area contributed by atoms with Crippen molar-refractivity contribution in [2.75, 3.05) is 12.3 Å². The van der Waals surface area contributed by atoms with Gasteiger partial charge in [0.1, 0.15) is 6.04 Å². The summed E-state index contributed by atoms with van der Waals surface area (Å²) in [5.74, 6) is -3.00. The molecule has 0 bridgehead atoms. The molecule has 7 nitrogen and oxygen atoms in total. The molecule has 0 spiro atoms. The van der Waals surface area contributed by atoms with E-state index in [2.05, 4.69) is 0 Å². The van der Waals surface area contributed by atoms with Crippen molar-refractivity contribution >= 4 is 34.7 Å². The number of hydrogen-bond acceptors (Lipinski definition) is 5. The zero-order valence-electron chi connectivity index (χ0n) is 11.1. The van der Waals surface area contributed by atoms with Crippen LogP contribution in [0.5, 0.6) is 0 Å². The van der Waals surface area contributed by atoms with Gasteiger partial charge in [-0.25, -0.2) is 4.79 Å². The summed E-state index contributed by atoms with van der Waals surface area (Å²) >= 11 is 1.01. The van der Waals surface area contributed by atoms with Crippen molar-refractivity contribution in [1.82, 2.24) is 4.90 Å². The number of carboxylic acids is 2. The smallest absolute Gasteiger partial charge is 0.326 e. The summed E-state index contributed by atoms with van der Waals surface area (Å²) in [5, 5.41) is 18.0. The lowest BCUT2D eigenvalue weighted by molar-refractivity contribution is -0.156. The molecule has 0 aromatic rings. The second kappa shape index (κ2) is 7.28. The number of nitrogens with zero attached hydrogens (tertiary/aromatic N) is 1. The van der Waals surface area contributed by atoms with Crippen molar-refractivity contribution in [3.8, 4) is 0 Å². The zero-order chi connectivity index (χ0) is 15.3. The van der Waals surface area contributed by atoms with Crippen LogP contribution in [0.4, 0.5) is 0 Å². The number of hydrogen-bond donors (Lipinski definition) is 2. The fraction of sp³-hybridized carbons (Fsp3) is 0.667. The van der Waals surface area contributed by atoms with Crippen molar-refractivity contribution in [1.29, 1.82) is 0 Å². The Morgan fingerprint density at radius 2 is 1.85 bits per heavy atom. The second-order valence-corrected chi connectivity index (χ2v) is 5.86. The van der Waals surface area contributed by atoms with Crippen LogP contribution >= 0.6 is 11.8 Å². The van der Waals surface area contributed by atoms with Crippen LogP contribution in [0.1, 0.15) is 26.2 Å². The van der Waals surface area contributed by atoms with Gasteiger partial charge in [0.05, 0.1) is 5.92 Å². The van der Waals surface area contributed by atoms with Gasteiger partial charge in [-0.2, -0.15) is 0 Å². The quantitative estimate of drug-likeness (QED) is 0.757. The maximum Gasteiger partial charge on any atom is 0.326 e. The van der Waals surface area contributed by atoms with Gasteiger partial charge < -0.3 is 15.1 Å². The molecule has 1 rings (SSSR count). The third-order valence-corrected chi connectivity index (χ3v) is 3.99. The molecule has 1 heterocycles. The van der Waals surface area contributed by atoms with E-state index in [4.69, 9.17) is 10.2 Å². The average molecular weight is 303 g/mol. The molecule has 0 radical (unpaired) electrons. The number of piperidine rings is 1. The first kappa shape index (κ1) is 16.5. The maximum atomic E-state index is 12.0. The summed E-state index contributed by atoms with van der Waals surface area (Å²) in [6.45, 7) is 1.52. The summed E-state index contributed by atoms with van der Waals surface area (Å²) in [6, 6.07) is -1.10. The Balaban J connectivity index is 2.63. The molecule has 0 unspecified atom stereocenters. The molecular formula is C12H17NO6S. The summed E-state index contributed by atoms with van der Waals surface area (Å²) < 4.78 is 0. The lowest BCUT2D eigenvalue weighted by atomic mass is 9.90. The molecule has 8 heteroatoms. The van der Waals surface area contributed by atoms with Crippen LogP contribution < -0.4 is 0 Å². The topological polar surface area (TPSA) is 112 Å². The SMILES string of the molecule is CC(=O)SCCC(=O)N1CC[C@H](C(=O)O)C[C@@H]1C(=O)O. The first-order valence-electron chi connectivity index (χ1n) is 6.21. The molecule has 0 aromatic carbocycles. The van der Waals surface area contributed by atoms with Gasteiger partial charge in [-0.3, -0.25) is 14.4 Å². The largest absolute Gasteiger partial charge is 0.481 e. The minimum atomic E-state index is -1.19. The van der Waals surface area contributed by atoms with Gasteiger partial charge in [-0.1, -0.05) is 11.8 Å². The minimum absolute atomic E-state index is 0.0732. The minimum Gasteiger partial charge on any atom is -0.481 e. The average Bonchev–Trinajstić information content (AvgIpc) is 2.37. The summed E-state index contributed by atoms with van der Waals surface area (Å²) in [6.07, 6.45) is 0.257. The van der Waals surface area contributed by atoms with Gasteiger partial charge in [-0.15, -0.1) is 0 Å². The van der Waals surface area contributed by atoms with Crippen molar-refractivity contribution in [3.05, 3.63) is 0 Å². The Kier molecular flexibility index (Phi) is 6.00. The van der Waals surface area contributed by atoms with E-state index in [9.17, 15) is 19.2 Å². The highest BCUT2D eigenvalue weighted by atomic mass is 32.2. The van der Waals surface area contributed by atoms with E-state index >= 15 is 0 Å². The Morgan fingerprint density at radius 1 is 1.20 bits per heavy atom. The van der Waals surface area contributed by atoms with Crippen LogP contribution in [-0.4, -0.2) is 56.4 Å². The van der Waals surface area contributed by atoms with Gasteiger partial charge in [-0.05, 0) is 12.8 Å². The van der Waals surface area contributed by atoms with Gasteiger partial charge in [0.15, 0.2) is 5.12 Å². The highest BCUT2D eigenvalue weighted by Crippen LogP contribution is 2.24. The second-order valence-electron chi connectivity index (χ2n) is 4.59. The predicted octanol–water partition coefficient (Wildman–Crippen LogP) is 0.433. The maximum absolute atomic E-state index is 12.0. The van der Waals surface area contributed by atoms with E-state index in [-0.39, 0.29) is 36.8 Å². The van der Waals surface area contributed by atoms with E-state index in [0.717, 1.165) is 11.8 Å². The van der Waals surface area contributed by atoms with Crippen molar-refractivity contribution in [3.63, 3.8) is 0 Å². The van der Waals surface area contributed by atoms with Gasteiger partial charge >= 0.3 is 11.9 Å². The highest BCUT2D eigenvalue weighted by Gasteiger charge is 2.38. The summed E-state index contributed by atoms with van der Waals surface area (Å²) in [4.78, 5) is 46.0. The fourth-order valence-corrected chi connectivity index (χ4v) is 2.71. The Labute approximate surface area is 120 Å². The lowest BCUT2D eigenvalue weighted by Gasteiger charge is -2.35. The van der Waals surface area contributed by atoms with Crippen LogP contribution in [0.2, 0.25) is 0 Å². The van der Waals surface area contributed by atoms with Crippen molar-refractivity contribution in [2.24, 2.45) is 5.92 Å². The van der Waals surface area contributed by atoms with Gasteiger partial charge in [0, 0.05) is 25.6 Å². The van der Waals surface area contributed by atoms with Crippen LogP contribution in [0.15, 0.2) is 0 Å². The van der Waals surface area contributed by atoms with E-state index < -0.39 is 23.9 Å². The number of carboxylic acid groups (broad SMARTS) is 2. The molecule has 1 saturated heterocycles. The molecule has 1 amide bonds. The van der Waals surface area contributed by atoms with E-state index in [0.29, 0.717) is 5.75 Å². The van der Waals surface area contributed by atoms with Crippen molar-refractivity contribution < 1.29 is 29.4 Å². The molecule has 2 N–H and O–H groups in total. The first-order chi connectivity index (χ1) is 9.32. The monoisotopic (exact) mass is 303 g/mol. The molecule has 20 heavy (non-hydrogen) atoms. The number of thioether (sulfide) groups is 1. The molecule has 1 fully saturated rings. The van der Waals surface area contributed by atoms with Gasteiger partial charge in [0.25, 0.3) is 0 Å². The van der Waals surface area contributed by atoms with E-state index in [1.54, 1.807) is 0 Å². The molecule has 2 atom stereocenters. The molecule has 112 valence electrons. The Morgan fingerprint density at radius 3 is 2.35 bits per heavy atom. The van der Waals surface area contributed by atoms with Crippen molar-refractivity contribution in [2.45, 2.75) is 32.2 Å². The molecular weight excluding hydrogens is 286 g/mol. The van der Waals surface area contributed by atoms with Gasteiger partial charge in [0.2, 0.25) is 5.91 Å². The normalized spacial score (nSPS) is 22.4. The fourth-order valence-electron chi connectivity index (χ4n) is 2.15. The Bertz CT molecular complexity index is 424. The number of amides is 1. The molecule has 1 aliphatic rings. The van der Waals surface area contributed by atoms with E-state index in [1.807, 2.05) is 0 Å². The standard InChI is InChI=1S/C12H17NO6S/c1-7(14)20-5-3-10(15)13-4-2-8(11(16)17)6-9(13)12(18)19/h8-9H,2-6H2,1H3,(H,16,17)(H,18,19)/t8-,9+/m0/s1. The third kappa shape index (κ3) is 4.52. The summed E-state index contributed by atoms with van der Waals surface area (Å²) in [5.41, 5.74) is 0. The van der Waals surface area contributed by atoms with Crippen LogP contribution in [0.25, 0.3) is 0 Å². The summed E-state index contributed by atoms with van der Waals surface area (Å²) in [7, 11) is 0. The molecule has 0 aliphatic carbocycles. The molecule has 0 aromatic heterocycles. The Hall–Kier alpha value is -1.57. The third-order valence-electron chi connectivity index (χ3n) is 3.18. The molecule has 0 saturated carbocycles. The number of rotatable bonds is 5. The highest BCUT2D eigenvalue weighted by molar-refractivity contribution is 8.13. The van der Waals surface area contributed by atoms with E-state index in [1.165, 1.54) is 11.8 Å². The first-order valence-corrected chi connectivity index (χ1v) is 7.20. The molecule has 1 aliphatic heterocycles. The van der Waals surface area contributed by atoms with Crippen LogP contribution in [-0.2, 0) is 19.2 Å². The zero-order valence-corrected chi connectivity index (χ0v) is 11.9. The van der Waals surface area contributed by atoms with Crippen LogP contribution in [0.3, 0.4) is 0 Å². The number of carbonyl (C=O) groups excluding carboxylic acids is 2. The number of aliphatic carboxylic acids is 2. The lowest BCUT2D eigenvalue weighted by Crippen LogP contribution is -2.51. The van der Waals surface area contributed by atoms with Crippen LogP contribution in [0, 0.1) is 5.92 Å².